The molecule has 0 aliphatic carbocycles. The van der Waals surface area contributed by atoms with Gasteiger partial charge >= 0.3 is 0 Å². The molecule has 122 valence electrons. The molecule has 0 saturated carbocycles. The highest BCUT2D eigenvalue weighted by Crippen LogP contribution is 2.40. The molecule has 3 rings (SSSR count). The Labute approximate surface area is 137 Å². The van der Waals surface area contributed by atoms with Crippen molar-refractivity contribution in [1.29, 1.82) is 0 Å². The topological polar surface area (TPSA) is 56.3 Å². The van der Waals surface area contributed by atoms with E-state index in [9.17, 15) is 0 Å². The van der Waals surface area contributed by atoms with Gasteiger partial charge in [0.25, 0.3) is 0 Å². The van der Waals surface area contributed by atoms with Crippen molar-refractivity contribution in [2.24, 2.45) is 0 Å². The second-order valence-electron chi connectivity index (χ2n) is 6.04. The number of methoxy groups -OCH3 is 1. The molecule has 1 aromatic carbocycles. The average Bonchev–Trinajstić information content (AvgIpc) is 2.62. The molecule has 0 spiro atoms. The van der Waals surface area contributed by atoms with Crippen molar-refractivity contribution in [3.63, 3.8) is 0 Å². The van der Waals surface area contributed by atoms with Crippen LogP contribution in [0.1, 0.15) is 24.0 Å². The first kappa shape index (κ1) is 15.7. The number of benzene rings is 1. The second-order valence-corrected chi connectivity index (χ2v) is 6.04. The van der Waals surface area contributed by atoms with E-state index < -0.39 is 0 Å². The van der Waals surface area contributed by atoms with Crippen LogP contribution in [0.3, 0.4) is 0 Å². The number of aromatic nitrogens is 2. The molecule has 1 aliphatic rings. The van der Waals surface area contributed by atoms with E-state index in [1.54, 1.807) is 25.7 Å². The number of nitrogens with one attached hydrogen (secondary N) is 1. The van der Waals surface area contributed by atoms with Gasteiger partial charge in [0, 0.05) is 43.1 Å². The fourth-order valence-electron chi connectivity index (χ4n) is 3.19. The summed E-state index contributed by atoms with van der Waals surface area (Å²) in [4.78, 5) is 8.43. The average molecular weight is 313 g/mol. The van der Waals surface area contributed by atoms with E-state index >= 15 is 0 Å². The van der Waals surface area contributed by atoms with Crippen LogP contribution in [0.5, 0.6) is 5.75 Å². The maximum atomic E-state index is 5.63. The quantitative estimate of drug-likeness (QED) is 0.920. The number of ether oxygens (including phenoxy) is 2. The number of rotatable bonds is 5. The summed E-state index contributed by atoms with van der Waals surface area (Å²) in [6, 6.07) is 6.39. The van der Waals surface area contributed by atoms with E-state index in [0.29, 0.717) is 0 Å². The second kappa shape index (κ2) is 6.96. The molecule has 2 aromatic rings. The Morgan fingerprint density at radius 2 is 2.09 bits per heavy atom. The third-order valence-corrected chi connectivity index (χ3v) is 4.55. The molecule has 1 saturated heterocycles. The van der Waals surface area contributed by atoms with E-state index in [-0.39, 0.29) is 5.41 Å². The van der Waals surface area contributed by atoms with Gasteiger partial charge < -0.3 is 14.8 Å². The fourth-order valence-corrected chi connectivity index (χ4v) is 3.19. The van der Waals surface area contributed by atoms with Gasteiger partial charge in [-0.1, -0.05) is 17.7 Å². The molecule has 0 amide bonds. The molecular formula is C18H23N3O2. The summed E-state index contributed by atoms with van der Waals surface area (Å²) in [6.07, 6.45) is 7.05. The summed E-state index contributed by atoms with van der Waals surface area (Å²) in [5.74, 6) is 1.74. The molecule has 1 aliphatic heterocycles. The van der Waals surface area contributed by atoms with E-state index in [2.05, 4.69) is 40.4 Å². The van der Waals surface area contributed by atoms with Gasteiger partial charge in [0.2, 0.25) is 0 Å². The Morgan fingerprint density at radius 3 is 2.78 bits per heavy atom. The van der Waals surface area contributed by atoms with Gasteiger partial charge in [-0.2, -0.15) is 0 Å². The number of nitrogens with zero attached hydrogens (tertiary/aromatic N) is 2. The Morgan fingerprint density at radius 1 is 1.26 bits per heavy atom. The number of aryl methyl sites for hydroxylation is 1. The van der Waals surface area contributed by atoms with Crippen LogP contribution in [0, 0.1) is 6.92 Å². The molecule has 5 nitrogen and oxygen atoms in total. The van der Waals surface area contributed by atoms with Crippen molar-refractivity contribution in [3.05, 3.63) is 47.9 Å². The van der Waals surface area contributed by atoms with Crippen LogP contribution in [0.4, 0.5) is 5.82 Å². The van der Waals surface area contributed by atoms with Gasteiger partial charge in [-0.25, -0.2) is 4.98 Å². The summed E-state index contributed by atoms with van der Waals surface area (Å²) in [7, 11) is 1.73. The summed E-state index contributed by atoms with van der Waals surface area (Å²) in [6.45, 7) is 4.43. The minimum Gasteiger partial charge on any atom is -0.496 e. The molecule has 23 heavy (non-hydrogen) atoms. The summed E-state index contributed by atoms with van der Waals surface area (Å²) >= 11 is 0. The standard InChI is InChI=1S/C18H23N3O2/c1-14-3-4-16(22-2)15(11-14)18(5-9-23-10-6-18)13-21-17-12-19-7-8-20-17/h3-4,7-8,11-12H,5-6,9-10,13H2,1-2H3,(H,20,21). The Bertz CT molecular complexity index is 640. The predicted octanol–water partition coefficient (Wildman–Crippen LogP) is 2.95. The zero-order valence-electron chi connectivity index (χ0n) is 13.7. The lowest BCUT2D eigenvalue weighted by molar-refractivity contribution is 0.0535. The van der Waals surface area contributed by atoms with Crippen molar-refractivity contribution in [2.45, 2.75) is 25.2 Å². The van der Waals surface area contributed by atoms with Gasteiger partial charge in [-0.15, -0.1) is 0 Å². The summed E-state index contributed by atoms with van der Waals surface area (Å²) in [5, 5.41) is 3.44. The van der Waals surface area contributed by atoms with Gasteiger partial charge in [0.15, 0.2) is 0 Å². The van der Waals surface area contributed by atoms with E-state index in [1.807, 2.05) is 0 Å². The third kappa shape index (κ3) is 3.45. The van der Waals surface area contributed by atoms with Gasteiger partial charge in [0.05, 0.1) is 13.3 Å². The zero-order valence-corrected chi connectivity index (χ0v) is 13.7. The molecule has 0 unspecified atom stereocenters. The first-order chi connectivity index (χ1) is 11.2. The van der Waals surface area contributed by atoms with Crippen LogP contribution in [0.25, 0.3) is 0 Å². The molecule has 5 heteroatoms. The van der Waals surface area contributed by atoms with Crippen LogP contribution < -0.4 is 10.1 Å². The predicted molar refractivity (Wildman–Crippen MR) is 90.0 cm³/mol. The molecule has 0 bridgehead atoms. The normalized spacial score (nSPS) is 16.8. The van der Waals surface area contributed by atoms with E-state index in [4.69, 9.17) is 9.47 Å². The Hall–Kier alpha value is -2.14. The van der Waals surface area contributed by atoms with Crippen molar-refractivity contribution in [1.82, 2.24) is 9.97 Å². The molecular weight excluding hydrogens is 290 g/mol. The lowest BCUT2D eigenvalue weighted by Gasteiger charge is -2.39. The molecule has 2 heterocycles. The Balaban J connectivity index is 1.92. The molecule has 1 aromatic heterocycles. The van der Waals surface area contributed by atoms with Gasteiger partial charge in [0.1, 0.15) is 11.6 Å². The van der Waals surface area contributed by atoms with Crippen LogP contribution in [-0.4, -0.2) is 36.8 Å². The summed E-state index contributed by atoms with van der Waals surface area (Å²) < 4.78 is 11.2. The first-order valence-corrected chi connectivity index (χ1v) is 7.96. The SMILES string of the molecule is COc1ccc(C)cc1C1(CNc2cnccn2)CCOCC1. The van der Waals surface area contributed by atoms with Gasteiger partial charge in [-0.3, -0.25) is 4.98 Å². The number of hydrogen-bond donors (Lipinski definition) is 1. The van der Waals surface area contributed by atoms with Crippen molar-refractivity contribution >= 4 is 5.82 Å². The van der Waals surface area contributed by atoms with Crippen LogP contribution in [-0.2, 0) is 10.2 Å². The smallest absolute Gasteiger partial charge is 0.144 e. The van der Waals surface area contributed by atoms with E-state index in [1.165, 1.54) is 11.1 Å². The fraction of sp³-hybridized carbons (Fsp3) is 0.444. The van der Waals surface area contributed by atoms with Crippen molar-refractivity contribution < 1.29 is 9.47 Å². The minimum atomic E-state index is -0.0207. The maximum Gasteiger partial charge on any atom is 0.144 e. The molecule has 0 atom stereocenters. The third-order valence-electron chi connectivity index (χ3n) is 4.55. The monoisotopic (exact) mass is 313 g/mol. The maximum absolute atomic E-state index is 5.63. The highest BCUT2D eigenvalue weighted by molar-refractivity contribution is 5.45. The first-order valence-electron chi connectivity index (χ1n) is 7.96. The largest absolute Gasteiger partial charge is 0.496 e. The highest BCUT2D eigenvalue weighted by Gasteiger charge is 2.37. The summed E-state index contributed by atoms with van der Waals surface area (Å²) in [5.41, 5.74) is 2.47. The van der Waals surface area contributed by atoms with Crippen LogP contribution in [0.2, 0.25) is 0 Å². The zero-order chi connectivity index (χ0) is 16.1. The molecule has 1 N–H and O–H groups in total. The minimum absolute atomic E-state index is 0.0207. The van der Waals surface area contributed by atoms with Crippen LogP contribution >= 0.6 is 0 Å². The number of hydrogen-bond acceptors (Lipinski definition) is 5. The lowest BCUT2D eigenvalue weighted by atomic mass is 9.73. The Kier molecular flexibility index (Phi) is 4.76. The van der Waals surface area contributed by atoms with Crippen molar-refractivity contribution in [2.75, 3.05) is 32.2 Å². The van der Waals surface area contributed by atoms with E-state index in [0.717, 1.165) is 44.2 Å². The lowest BCUT2D eigenvalue weighted by Crippen LogP contribution is -2.40. The highest BCUT2D eigenvalue weighted by atomic mass is 16.5. The molecule has 1 fully saturated rings. The van der Waals surface area contributed by atoms with Crippen molar-refractivity contribution in [3.8, 4) is 5.75 Å². The van der Waals surface area contributed by atoms with Gasteiger partial charge in [-0.05, 0) is 25.8 Å². The van der Waals surface area contributed by atoms with Crippen LogP contribution in [0.15, 0.2) is 36.8 Å². The molecule has 0 radical (unpaired) electrons. The number of anilines is 1.